The largest absolute Gasteiger partial charge is 0.313 e. The number of nitrogens with one attached hydrogen (secondary N) is 1. The monoisotopic (exact) mass is 297 g/mol. The summed E-state index contributed by atoms with van der Waals surface area (Å²) in [7, 11) is 0. The average Bonchev–Trinajstić information content (AvgIpc) is 2.40. The molecule has 2 aromatic carbocycles. The molecular formula is C15H14Cl2FN. The van der Waals surface area contributed by atoms with E-state index in [0.29, 0.717) is 27.7 Å². The highest BCUT2D eigenvalue weighted by Gasteiger charge is 2.11. The molecule has 0 aromatic heterocycles. The van der Waals surface area contributed by atoms with Crippen molar-refractivity contribution in [2.45, 2.75) is 13.5 Å². The second-order valence-electron chi connectivity index (χ2n) is 4.20. The quantitative estimate of drug-likeness (QED) is 0.845. The summed E-state index contributed by atoms with van der Waals surface area (Å²) in [6, 6.07) is 10.4. The number of hydrogen-bond donors (Lipinski definition) is 1. The van der Waals surface area contributed by atoms with Gasteiger partial charge in [0.05, 0.1) is 10.0 Å². The van der Waals surface area contributed by atoms with Crippen LogP contribution in [0.2, 0.25) is 10.0 Å². The lowest BCUT2D eigenvalue weighted by atomic mass is 10.0. The van der Waals surface area contributed by atoms with Crippen LogP contribution in [0.3, 0.4) is 0 Å². The van der Waals surface area contributed by atoms with E-state index < -0.39 is 0 Å². The van der Waals surface area contributed by atoms with E-state index in [4.69, 9.17) is 23.2 Å². The van der Waals surface area contributed by atoms with Gasteiger partial charge in [-0.2, -0.15) is 0 Å². The van der Waals surface area contributed by atoms with Crippen LogP contribution < -0.4 is 5.32 Å². The summed E-state index contributed by atoms with van der Waals surface area (Å²) in [5, 5.41) is 3.96. The number of rotatable bonds is 4. The van der Waals surface area contributed by atoms with Gasteiger partial charge < -0.3 is 5.32 Å². The predicted octanol–water partition coefficient (Wildman–Crippen LogP) is 4.91. The summed E-state index contributed by atoms with van der Waals surface area (Å²) in [6.45, 7) is 3.51. The standard InChI is InChI=1S/C15H14Cl2FN/c1-2-19-9-10-6-7-11(14(18)8-10)12-4-3-5-13(16)15(12)17/h3-8,19H,2,9H2,1H3. The van der Waals surface area contributed by atoms with Gasteiger partial charge in [0, 0.05) is 17.7 Å². The van der Waals surface area contributed by atoms with E-state index >= 15 is 0 Å². The molecule has 0 radical (unpaired) electrons. The summed E-state index contributed by atoms with van der Waals surface area (Å²) in [5.74, 6) is -0.292. The molecule has 4 heteroatoms. The smallest absolute Gasteiger partial charge is 0.131 e. The average molecular weight is 298 g/mol. The summed E-state index contributed by atoms with van der Waals surface area (Å²) < 4.78 is 14.1. The lowest BCUT2D eigenvalue weighted by Gasteiger charge is -2.09. The van der Waals surface area contributed by atoms with Gasteiger partial charge >= 0.3 is 0 Å². The zero-order chi connectivity index (χ0) is 13.8. The Morgan fingerprint density at radius 3 is 2.58 bits per heavy atom. The van der Waals surface area contributed by atoms with Crippen LogP contribution in [0, 0.1) is 5.82 Å². The summed E-state index contributed by atoms with van der Waals surface area (Å²) in [5.41, 5.74) is 1.98. The van der Waals surface area contributed by atoms with Crippen LogP contribution in [-0.4, -0.2) is 6.54 Å². The Kier molecular flexibility index (Phi) is 4.81. The zero-order valence-corrected chi connectivity index (χ0v) is 12.0. The van der Waals surface area contributed by atoms with Gasteiger partial charge in [0.1, 0.15) is 5.82 Å². The fourth-order valence-electron chi connectivity index (χ4n) is 1.87. The minimum Gasteiger partial charge on any atom is -0.313 e. The van der Waals surface area contributed by atoms with Crippen molar-refractivity contribution in [1.29, 1.82) is 0 Å². The highest BCUT2D eigenvalue weighted by Crippen LogP contribution is 2.34. The molecule has 2 aromatic rings. The van der Waals surface area contributed by atoms with Gasteiger partial charge in [-0.05, 0) is 24.2 Å². The molecule has 1 nitrogen and oxygen atoms in total. The van der Waals surface area contributed by atoms with Gasteiger partial charge in [-0.3, -0.25) is 0 Å². The highest BCUT2D eigenvalue weighted by atomic mass is 35.5. The normalized spacial score (nSPS) is 10.7. The van der Waals surface area contributed by atoms with Crippen LogP contribution in [0.4, 0.5) is 4.39 Å². The van der Waals surface area contributed by atoms with E-state index in [1.165, 1.54) is 6.07 Å². The summed E-state index contributed by atoms with van der Waals surface area (Å²) >= 11 is 12.1. The van der Waals surface area contributed by atoms with Crippen LogP contribution in [0.1, 0.15) is 12.5 Å². The van der Waals surface area contributed by atoms with Gasteiger partial charge in [-0.25, -0.2) is 4.39 Å². The number of halogens is 3. The predicted molar refractivity (Wildman–Crippen MR) is 79.2 cm³/mol. The lowest BCUT2D eigenvalue weighted by Crippen LogP contribution is -2.11. The van der Waals surface area contributed by atoms with Crippen LogP contribution in [0.5, 0.6) is 0 Å². The molecule has 2 rings (SSSR count). The van der Waals surface area contributed by atoms with Crippen molar-refractivity contribution in [1.82, 2.24) is 5.32 Å². The van der Waals surface area contributed by atoms with Crippen molar-refractivity contribution in [3.63, 3.8) is 0 Å². The van der Waals surface area contributed by atoms with Crippen molar-refractivity contribution in [2.24, 2.45) is 0 Å². The van der Waals surface area contributed by atoms with E-state index in [9.17, 15) is 4.39 Å². The SMILES string of the molecule is CCNCc1ccc(-c2cccc(Cl)c2Cl)c(F)c1. The second kappa shape index (κ2) is 6.38. The van der Waals surface area contributed by atoms with E-state index in [1.807, 2.05) is 13.0 Å². The molecule has 0 amide bonds. The van der Waals surface area contributed by atoms with E-state index in [2.05, 4.69) is 5.32 Å². The molecule has 0 aliphatic heterocycles. The maximum atomic E-state index is 14.1. The van der Waals surface area contributed by atoms with Gasteiger partial charge in [0.2, 0.25) is 0 Å². The molecule has 0 spiro atoms. The number of benzene rings is 2. The number of hydrogen-bond acceptors (Lipinski definition) is 1. The molecule has 0 fully saturated rings. The van der Waals surface area contributed by atoms with Crippen molar-refractivity contribution in [3.8, 4) is 11.1 Å². The Balaban J connectivity index is 2.38. The minimum atomic E-state index is -0.292. The molecule has 0 atom stereocenters. The molecule has 0 aliphatic carbocycles. The fourth-order valence-corrected chi connectivity index (χ4v) is 2.27. The first-order valence-electron chi connectivity index (χ1n) is 6.07. The molecule has 19 heavy (non-hydrogen) atoms. The Morgan fingerprint density at radius 1 is 1.11 bits per heavy atom. The molecular weight excluding hydrogens is 284 g/mol. The summed E-state index contributed by atoms with van der Waals surface area (Å²) in [4.78, 5) is 0. The van der Waals surface area contributed by atoms with Crippen molar-refractivity contribution in [2.75, 3.05) is 6.54 Å². The van der Waals surface area contributed by atoms with Gasteiger partial charge in [-0.1, -0.05) is 54.4 Å². The maximum Gasteiger partial charge on any atom is 0.131 e. The fraction of sp³-hybridized carbons (Fsp3) is 0.200. The van der Waals surface area contributed by atoms with Crippen LogP contribution >= 0.6 is 23.2 Å². The molecule has 0 saturated heterocycles. The molecule has 0 saturated carbocycles. The second-order valence-corrected chi connectivity index (χ2v) is 4.98. The molecule has 0 bridgehead atoms. The first-order valence-corrected chi connectivity index (χ1v) is 6.82. The maximum absolute atomic E-state index is 14.1. The van der Waals surface area contributed by atoms with Gasteiger partial charge in [-0.15, -0.1) is 0 Å². The molecule has 100 valence electrons. The van der Waals surface area contributed by atoms with Crippen molar-refractivity contribution in [3.05, 3.63) is 57.8 Å². The van der Waals surface area contributed by atoms with Gasteiger partial charge in [0.25, 0.3) is 0 Å². The molecule has 0 unspecified atom stereocenters. The third-order valence-electron chi connectivity index (χ3n) is 2.85. The molecule has 1 N–H and O–H groups in total. The van der Waals surface area contributed by atoms with Crippen LogP contribution in [0.15, 0.2) is 36.4 Å². The Bertz CT molecular complexity index is 584. The topological polar surface area (TPSA) is 12.0 Å². The Hall–Kier alpha value is -1.09. The zero-order valence-electron chi connectivity index (χ0n) is 10.5. The Morgan fingerprint density at radius 2 is 1.89 bits per heavy atom. The van der Waals surface area contributed by atoms with Gasteiger partial charge in [0.15, 0.2) is 0 Å². The molecule has 0 heterocycles. The first kappa shape index (κ1) is 14.3. The first-order chi connectivity index (χ1) is 9.13. The molecule has 0 aliphatic rings. The van der Waals surface area contributed by atoms with Crippen LogP contribution in [-0.2, 0) is 6.54 Å². The van der Waals surface area contributed by atoms with E-state index in [0.717, 1.165) is 12.1 Å². The van der Waals surface area contributed by atoms with Crippen molar-refractivity contribution >= 4 is 23.2 Å². The van der Waals surface area contributed by atoms with E-state index in [1.54, 1.807) is 24.3 Å². The Labute approximate surface area is 122 Å². The van der Waals surface area contributed by atoms with E-state index in [-0.39, 0.29) is 5.82 Å². The lowest BCUT2D eigenvalue weighted by molar-refractivity contribution is 0.625. The third kappa shape index (κ3) is 3.27. The van der Waals surface area contributed by atoms with Crippen molar-refractivity contribution < 1.29 is 4.39 Å². The highest BCUT2D eigenvalue weighted by molar-refractivity contribution is 6.43. The third-order valence-corrected chi connectivity index (χ3v) is 3.67. The van der Waals surface area contributed by atoms with Crippen LogP contribution in [0.25, 0.3) is 11.1 Å². The minimum absolute atomic E-state index is 0.292. The summed E-state index contributed by atoms with van der Waals surface area (Å²) in [6.07, 6.45) is 0.